The van der Waals surface area contributed by atoms with Crippen molar-refractivity contribution < 1.29 is 32.3 Å². The van der Waals surface area contributed by atoms with Crippen LogP contribution < -0.4 is 5.32 Å². The number of anilines is 1. The first-order chi connectivity index (χ1) is 16.2. The quantitative estimate of drug-likeness (QED) is 0.561. The maximum atomic E-state index is 13.0. The Morgan fingerprint density at radius 1 is 1.03 bits per heavy atom. The number of nitrogens with one attached hydrogen (secondary N) is 1. The molecule has 1 aliphatic heterocycles. The molecule has 2 heterocycles. The van der Waals surface area contributed by atoms with Gasteiger partial charge in [-0.25, -0.2) is 23.0 Å². The van der Waals surface area contributed by atoms with Crippen LogP contribution in [-0.2, 0) is 19.5 Å². The van der Waals surface area contributed by atoms with Crippen molar-refractivity contribution in [2.24, 2.45) is 0 Å². The standard InChI is InChI=1S/C21H26N4O7S2/c1-4-31-19(27)17-14(3)22-20(33-17)23-18(26)15-6-8-16(9-7-15)34(29,30)25-12-10-24(11-13-25)21(28)32-5-2/h6-9H,4-5,10-13H2,1-3H3,(H,22,23,26). The highest BCUT2D eigenvalue weighted by Gasteiger charge is 2.30. The Balaban J connectivity index is 1.64. The van der Waals surface area contributed by atoms with E-state index in [-0.39, 0.29) is 55.0 Å². The molecule has 34 heavy (non-hydrogen) atoms. The molecule has 2 aromatic rings. The second-order valence-corrected chi connectivity index (χ2v) is 10.2. The van der Waals surface area contributed by atoms with Crippen molar-refractivity contribution in [3.63, 3.8) is 0 Å². The van der Waals surface area contributed by atoms with Gasteiger partial charge in [0.25, 0.3) is 5.91 Å². The molecule has 11 nitrogen and oxygen atoms in total. The summed E-state index contributed by atoms with van der Waals surface area (Å²) in [6, 6.07) is 5.53. The summed E-state index contributed by atoms with van der Waals surface area (Å²) in [4.78, 5) is 42.3. The molecule has 3 rings (SSSR count). The van der Waals surface area contributed by atoms with E-state index in [1.54, 1.807) is 20.8 Å². The fourth-order valence-electron chi connectivity index (χ4n) is 3.26. The summed E-state index contributed by atoms with van der Waals surface area (Å²) >= 11 is 1.00. The molecule has 0 unspecified atom stereocenters. The van der Waals surface area contributed by atoms with Crippen molar-refractivity contribution in [2.75, 3.05) is 44.7 Å². The SMILES string of the molecule is CCOC(=O)c1sc(NC(=O)c2ccc(S(=O)(=O)N3CCN(C(=O)OCC)CC3)cc2)nc1C. The number of hydrogen-bond acceptors (Lipinski definition) is 9. The molecule has 184 valence electrons. The van der Waals surface area contributed by atoms with Crippen molar-refractivity contribution >= 4 is 44.5 Å². The number of thiazole rings is 1. The molecule has 0 atom stereocenters. The number of amides is 2. The molecule has 2 amide bonds. The molecule has 0 bridgehead atoms. The summed E-state index contributed by atoms with van der Waals surface area (Å²) in [5.41, 5.74) is 0.680. The van der Waals surface area contributed by atoms with E-state index in [0.717, 1.165) is 11.3 Å². The second-order valence-electron chi connectivity index (χ2n) is 7.22. The van der Waals surface area contributed by atoms with Gasteiger partial charge in [-0.2, -0.15) is 4.31 Å². The lowest BCUT2D eigenvalue weighted by Gasteiger charge is -2.33. The minimum Gasteiger partial charge on any atom is -0.462 e. The maximum Gasteiger partial charge on any atom is 0.409 e. The first-order valence-corrected chi connectivity index (χ1v) is 12.9. The number of esters is 1. The van der Waals surface area contributed by atoms with Crippen LogP contribution in [0.5, 0.6) is 0 Å². The number of rotatable bonds is 7. The van der Waals surface area contributed by atoms with E-state index in [2.05, 4.69) is 10.3 Å². The zero-order valence-corrected chi connectivity index (χ0v) is 20.7. The van der Waals surface area contributed by atoms with Gasteiger partial charge < -0.3 is 14.4 Å². The van der Waals surface area contributed by atoms with Crippen LogP contribution in [0.25, 0.3) is 0 Å². The Labute approximate surface area is 201 Å². The largest absolute Gasteiger partial charge is 0.462 e. The van der Waals surface area contributed by atoms with Gasteiger partial charge in [-0.3, -0.25) is 10.1 Å². The molecule has 0 spiro atoms. The molecule has 0 saturated carbocycles. The molecular weight excluding hydrogens is 484 g/mol. The zero-order valence-electron chi connectivity index (χ0n) is 19.1. The number of carbonyl (C=O) groups excluding carboxylic acids is 3. The van der Waals surface area contributed by atoms with Crippen LogP contribution in [-0.4, -0.2) is 80.0 Å². The predicted molar refractivity (Wildman–Crippen MR) is 125 cm³/mol. The molecule has 1 saturated heterocycles. The topological polar surface area (TPSA) is 135 Å². The van der Waals surface area contributed by atoms with Gasteiger partial charge in [0.15, 0.2) is 5.13 Å². The molecule has 1 fully saturated rings. The molecule has 1 N–H and O–H groups in total. The Kier molecular flexibility index (Phi) is 8.23. The van der Waals surface area contributed by atoms with E-state index >= 15 is 0 Å². The van der Waals surface area contributed by atoms with Gasteiger partial charge in [0.2, 0.25) is 10.0 Å². The summed E-state index contributed by atoms with van der Waals surface area (Å²) in [6.07, 6.45) is -0.459. The van der Waals surface area contributed by atoms with Crippen molar-refractivity contribution in [3.8, 4) is 0 Å². The fraction of sp³-hybridized carbons (Fsp3) is 0.429. The molecule has 0 radical (unpaired) electrons. The van der Waals surface area contributed by atoms with Gasteiger partial charge >= 0.3 is 12.1 Å². The highest BCUT2D eigenvalue weighted by Crippen LogP contribution is 2.24. The first kappa shape index (κ1) is 25.6. The average molecular weight is 511 g/mol. The number of piperazine rings is 1. The molecule has 1 aliphatic rings. The lowest BCUT2D eigenvalue weighted by molar-refractivity contribution is 0.0530. The van der Waals surface area contributed by atoms with Crippen LogP contribution in [0.1, 0.15) is 39.6 Å². The minimum atomic E-state index is -3.78. The fourth-order valence-corrected chi connectivity index (χ4v) is 5.54. The van der Waals surface area contributed by atoms with Crippen molar-refractivity contribution in [1.82, 2.24) is 14.2 Å². The number of hydrogen-bond donors (Lipinski definition) is 1. The van der Waals surface area contributed by atoms with Gasteiger partial charge in [0.05, 0.1) is 23.8 Å². The van der Waals surface area contributed by atoms with Crippen molar-refractivity contribution in [2.45, 2.75) is 25.7 Å². The van der Waals surface area contributed by atoms with E-state index in [9.17, 15) is 22.8 Å². The van der Waals surface area contributed by atoms with E-state index in [0.29, 0.717) is 10.6 Å². The van der Waals surface area contributed by atoms with Gasteiger partial charge in [-0.15, -0.1) is 0 Å². The minimum absolute atomic E-state index is 0.0447. The smallest absolute Gasteiger partial charge is 0.409 e. The summed E-state index contributed by atoms with van der Waals surface area (Å²) in [5.74, 6) is -0.994. The number of sulfonamides is 1. The van der Waals surface area contributed by atoms with E-state index in [1.165, 1.54) is 33.5 Å². The lowest BCUT2D eigenvalue weighted by atomic mass is 10.2. The average Bonchev–Trinajstić information content (AvgIpc) is 3.19. The third-order valence-electron chi connectivity index (χ3n) is 5.00. The highest BCUT2D eigenvalue weighted by atomic mass is 32.2. The summed E-state index contributed by atoms with van der Waals surface area (Å²) < 4.78 is 37.1. The van der Waals surface area contributed by atoms with Gasteiger partial charge in [0.1, 0.15) is 4.88 Å². The number of nitrogens with zero attached hydrogens (tertiary/aromatic N) is 3. The number of aromatic nitrogens is 1. The zero-order chi connectivity index (χ0) is 24.9. The molecule has 13 heteroatoms. The third kappa shape index (κ3) is 5.72. The molecule has 0 aliphatic carbocycles. The second kappa shape index (κ2) is 10.9. The molecule has 1 aromatic heterocycles. The van der Waals surface area contributed by atoms with Crippen LogP contribution in [0.15, 0.2) is 29.2 Å². The maximum absolute atomic E-state index is 13.0. The first-order valence-electron chi connectivity index (χ1n) is 10.6. The van der Waals surface area contributed by atoms with Crippen molar-refractivity contribution in [1.29, 1.82) is 0 Å². The van der Waals surface area contributed by atoms with Gasteiger partial charge in [-0.1, -0.05) is 11.3 Å². The van der Waals surface area contributed by atoms with E-state index < -0.39 is 28.0 Å². The van der Waals surface area contributed by atoms with E-state index in [4.69, 9.17) is 9.47 Å². The molecular formula is C21H26N4O7S2. The van der Waals surface area contributed by atoms with Crippen molar-refractivity contribution in [3.05, 3.63) is 40.4 Å². The predicted octanol–water partition coefficient (Wildman–Crippen LogP) is 2.34. The number of ether oxygens (including phenoxy) is 2. The van der Waals surface area contributed by atoms with Gasteiger partial charge in [-0.05, 0) is 45.0 Å². The Bertz CT molecular complexity index is 1150. The Morgan fingerprint density at radius 2 is 1.65 bits per heavy atom. The summed E-state index contributed by atoms with van der Waals surface area (Å²) in [7, 11) is -3.78. The Hall–Kier alpha value is -3.03. The van der Waals surface area contributed by atoms with Crippen LogP contribution in [0.4, 0.5) is 9.93 Å². The number of aryl methyl sites for hydroxylation is 1. The van der Waals surface area contributed by atoms with Crippen LogP contribution in [0.3, 0.4) is 0 Å². The molecule has 1 aromatic carbocycles. The number of carbonyl (C=O) groups is 3. The third-order valence-corrected chi connectivity index (χ3v) is 7.96. The summed E-state index contributed by atoms with van der Waals surface area (Å²) in [5, 5.41) is 2.85. The number of benzene rings is 1. The normalized spacial score (nSPS) is 14.5. The van der Waals surface area contributed by atoms with Crippen LogP contribution in [0, 0.1) is 6.92 Å². The van der Waals surface area contributed by atoms with Crippen LogP contribution in [0.2, 0.25) is 0 Å². The summed E-state index contributed by atoms with van der Waals surface area (Å²) in [6.45, 7) is 6.31. The monoisotopic (exact) mass is 510 g/mol. The lowest BCUT2D eigenvalue weighted by Crippen LogP contribution is -2.50. The highest BCUT2D eigenvalue weighted by molar-refractivity contribution is 7.89. The van der Waals surface area contributed by atoms with Crippen LogP contribution >= 0.6 is 11.3 Å². The van der Waals surface area contributed by atoms with E-state index in [1.807, 2.05) is 0 Å². The Morgan fingerprint density at radius 3 is 2.24 bits per heavy atom. The van der Waals surface area contributed by atoms with Gasteiger partial charge in [0, 0.05) is 31.7 Å².